The van der Waals surface area contributed by atoms with Crippen LogP contribution in [-0.4, -0.2) is 18.0 Å². The molecule has 1 aromatic carbocycles. The van der Waals surface area contributed by atoms with Crippen molar-refractivity contribution in [1.82, 2.24) is 10.6 Å². The lowest BCUT2D eigenvalue weighted by atomic mass is 10.1. The topological polar surface area (TPSA) is 41.1 Å². The fourth-order valence-corrected chi connectivity index (χ4v) is 1.88. The first kappa shape index (κ1) is 13.9. The number of rotatable bonds is 5. The predicted octanol–water partition coefficient (Wildman–Crippen LogP) is 2.28. The molecule has 0 spiro atoms. The highest BCUT2D eigenvalue weighted by molar-refractivity contribution is 5.81. The van der Waals surface area contributed by atoms with Gasteiger partial charge in [-0.3, -0.25) is 10.1 Å². The third-order valence-electron chi connectivity index (χ3n) is 3.26. The zero-order valence-corrected chi connectivity index (χ0v) is 11.0. The van der Waals surface area contributed by atoms with Crippen LogP contribution in [0.15, 0.2) is 18.2 Å². The summed E-state index contributed by atoms with van der Waals surface area (Å²) in [5.74, 6) is -1.80. The minimum Gasteiger partial charge on any atom is -0.352 e. The van der Waals surface area contributed by atoms with Gasteiger partial charge >= 0.3 is 0 Å². The van der Waals surface area contributed by atoms with Crippen molar-refractivity contribution in [3.05, 3.63) is 35.4 Å². The molecule has 1 aliphatic rings. The van der Waals surface area contributed by atoms with Gasteiger partial charge in [0.25, 0.3) is 0 Å². The molecule has 1 saturated carbocycles. The van der Waals surface area contributed by atoms with E-state index in [0.717, 1.165) is 25.0 Å². The van der Waals surface area contributed by atoms with Gasteiger partial charge in [-0.05, 0) is 44.4 Å². The summed E-state index contributed by atoms with van der Waals surface area (Å²) in [4.78, 5) is 11.8. The van der Waals surface area contributed by atoms with Gasteiger partial charge in [-0.15, -0.1) is 0 Å². The molecule has 1 amide bonds. The number of carbonyl (C=O) groups excluding carboxylic acids is 1. The molecule has 1 fully saturated rings. The van der Waals surface area contributed by atoms with Gasteiger partial charge in [0.1, 0.15) is 0 Å². The Morgan fingerprint density at radius 1 is 1.26 bits per heavy atom. The van der Waals surface area contributed by atoms with Crippen LogP contribution in [0, 0.1) is 11.6 Å². The van der Waals surface area contributed by atoms with Gasteiger partial charge < -0.3 is 5.32 Å². The van der Waals surface area contributed by atoms with E-state index in [1.165, 1.54) is 6.07 Å². The van der Waals surface area contributed by atoms with Crippen LogP contribution in [-0.2, 0) is 4.79 Å². The number of nitrogens with one attached hydrogen (secondary N) is 2. The van der Waals surface area contributed by atoms with Gasteiger partial charge in [0.2, 0.25) is 5.91 Å². The average molecular weight is 268 g/mol. The first-order valence-corrected chi connectivity index (χ1v) is 6.48. The molecule has 2 unspecified atom stereocenters. The second kappa shape index (κ2) is 5.65. The summed E-state index contributed by atoms with van der Waals surface area (Å²) in [6.45, 7) is 3.57. The second-order valence-corrected chi connectivity index (χ2v) is 5.07. The summed E-state index contributed by atoms with van der Waals surface area (Å²) in [7, 11) is 0. The SMILES string of the molecule is CC(NC(C)c1ccc(F)c(F)c1)C(=O)NC1CC1. The minimum atomic E-state index is -0.874. The van der Waals surface area contributed by atoms with E-state index in [-0.39, 0.29) is 18.0 Å². The number of halogens is 2. The molecule has 1 aliphatic carbocycles. The Labute approximate surface area is 111 Å². The fourth-order valence-electron chi connectivity index (χ4n) is 1.88. The summed E-state index contributed by atoms with van der Waals surface area (Å²) in [6, 6.07) is 3.48. The number of hydrogen-bond donors (Lipinski definition) is 2. The average Bonchev–Trinajstić information content (AvgIpc) is 3.16. The fraction of sp³-hybridized carbons (Fsp3) is 0.500. The van der Waals surface area contributed by atoms with Crippen molar-refractivity contribution in [2.45, 2.75) is 44.8 Å². The van der Waals surface area contributed by atoms with E-state index in [1.807, 2.05) is 6.92 Å². The molecule has 2 rings (SSSR count). The molecule has 2 atom stereocenters. The smallest absolute Gasteiger partial charge is 0.237 e. The highest BCUT2D eigenvalue weighted by Crippen LogP contribution is 2.19. The van der Waals surface area contributed by atoms with Gasteiger partial charge in [-0.1, -0.05) is 6.07 Å². The molecule has 0 aliphatic heterocycles. The molecule has 0 aromatic heterocycles. The number of amides is 1. The van der Waals surface area contributed by atoms with Gasteiger partial charge in [-0.25, -0.2) is 8.78 Å². The van der Waals surface area contributed by atoms with Gasteiger partial charge in [0.05, 0.1) is 6.04 Å². The lowest BCUT2D eigenvalue weighted by Crippen LogP contribution is -2.43. The molecular formula is C14H18F2N2O. The van der Waals surface area contributed by atoms with E-state index in [4.69, 9.17) is 0 Å². The van der Waals surface area contributed by atoms with Crippen LogP contribution in [0.3, 0.4) is 0 Å². The van der Waals surface area contributed by atoms with Crippen LogP contribution in [0.1, 0.15) is 38.3 Å². The van der Waals surface area contributed by atoms with Crippen LogP contribution in [0.25, 0.3) is 0 Å². The highest BCUT2D eigenvalue weighted by Gasteiger charge is 2.26. The molecule has 2 N–H and O–H groups in total. The molecule has 0 radical (unpaired) electrons. The van der Waals surface area contributed by atoms with E-state index in [2.05, 4.69) is 10.6 Å². The van der Waals surface area contributed by atoms with E-state index < -0.39 is 11.6 Å². The Morgan fingerprint density at radius 2 is 1.95 bits per heavy atom. The van der Waals surface area contributed by atoms with E-state index in [0.29, 0.717) is 11.6 Å². The largest absolute Gasteiger partial charge is 0.352 e. The van der Waals surface area contributed by atoms with Crippen molar-refractivity contribution < 1.29 is 13.6 Å². The molecule has 19 heavy (non-hydrogen) atoms. The number of carbonyl (C=O) groups is 1. The van der Waals surface area contributed by atoms with Crippen LogP contribution in [0.2, 0.25) is 0 Å². The standard InChI is InChI=1S/C14H18F2N2O/c1-8(10-3-6-12(15)13(16)7-10)17-9(2)14(19)18-11-4-5-11/h3,6-9,11,17H,4-5H2,1-2H3,(H,18,19). The zero-order valence-electron chi connectivity index (χ0n) is 11.0. The number of hydrogen-bond acceptors (Lipinski definition) is 2. The van der Waals surface area contributed by atoms with Crippen molar-refractivity contribution in [3.8, 4) is 0 Å². The zero-order chi connectivity index (χ0) is 14.0. The maximum absolute atomic E-state index is 13.1. The van der Waals surface area contributed by atoms with Crippen LogP contribution >= 0.6 is 0 Å². The predicted molar refractivity (Wildman–Crippen MR) is 68.5 cm³/mol. The molecule has 0 heterocycles. The highest BCUT2D eigenvalue weighted by atomic mass is 19.2. The molecule has 1 aromatic rings. The Morgan fingerprint density at radius 3 is 2.53 bits per heavy atom. The summed E-state index contributed by atoms with van der Waals surface area (Å²) >= 11 is 0. The maximum Gasteiger partial charge on any atom is 0.237 e. The van der Waals surface area contributed by atoms with E-state index in [1.54, 1.807) is 6.92 Å². The first-order valence-electron chi connectivity index (χ1n) is 6.48. The van der Waals surface area contributed by atoms with Gasteiger partial charge in [0.15, 0.2) is 11.6 Å². The summed E-state index contributed by atoms with van der Waals surface area (Å²) in [5, 5.41) is 5.97. The molecule has 3 nitrogen and oxygen atoms in total. The van der Waals surface area contributed by atoms with Crippen molar-refractivity contribution >= 4 is 5.91 Å². The van der Waals surface area contributed by atoms with Crippen molar-refractivity contribution in [1.29, 1.82) is 0 Å². The van der Waals surface area contributed by atoms with E-state index >= 15 is 0 Å². The molecule has 0 saturated heterocycles. The van der Waals surface area contributed by atoms with Crippen LogP contribution in [0.4, 0.5) is 8.78 Å². The molecular weight excluding hydrogens is 250 g/mol. The minimum absolute atomic E-state index is 0.0584. The third-order valence-corrected chi connectivity index (χ3v) is 3.26. The van der Waals surface area contributed by atoms with Crippen molar-refractivity contribution in [3.63, 3.8) is 0 Å². The number of benzene rings is 1. The maximum atomic E-state index is 13.1. The van der Waals surface area contributed by atoms with Gasteiger partial charge in [-0.2, -0.15) is 0 Å². The molecule has 0 bridgehead atoms. The van der Waals surface area contributed by atoms with Gasteiger partial charge in [0, 0.05) is 12.1 Å². The summed E-state index contributed by atoms with van der Waals surface area (Å²) < 4.78 is 26.0. The lowest BCUT2D eigenvalue weighted by Gasteiger charge is -2.20. The Bertz CT molecular complexity index is 475. The Hall–Kier alpha value is -1.49. The monoisotopic (exact) mass is 268 g/mol. The Kier molecular flexibility index (Phi) is 4.14. The first-order chi connectivity index (χ1) is 8.97. The molecule has 5 heteroatoms. The molecule has 104 valence electrons. The third kappa shape index (κ3) is 3.73. The summed E-state index contributed by atoms with van der Waals surface area (Å²) in [5.41, 5.74) is 0.616. The van der Waals surface area contributed by atoms with Crippen molar-refractivity contribution in [2.75, 3.05) is 0 Å². The van der Waals surface area contributed by atoms with E-state index in [9.17, 15) is 13.6 Å². The second-order valence-electron chi connectivity index (χ2n) is 5.07. The lowest BCUT2D eigenvalue weighted by molar-refractivity contribution is -0.123. The quantitative estimate of drug-likeness (QED) is 0.860. The Balaban J connectivity index is 1.93. The van der Waals surface area contributed by atoms with Crippen LogP contribution < -0.4 is 10.6 Å². The normalized spacial score (nSPS) is 17.9. The van der Waals surface area contributed by atoms with Crippen molar-refractivity contribution in [2.24, 2.45) is 0 Å². The van der Waals surface area contributed by atoms with Crippen LogP contribution in [0.5, 0.6) is 0 Å². The summed E-state index contributed by atoms with van der Waals surface area (Å²) in [6.07, 6.45) is 2.08.